The van der Waals surface area contributed by atoms with E-state index in [9.17, 15) is 44.3 Å². The molecule has 0 saturated heterocycles. The molecule has 1 N–H and O–H groups in total. The summed E-state index contributed by atoms with van der Waals surface area (Å²) in [7, 11) is -4.34. The van der Waals surface area contributed by atoms with Gasteiger partial charge in [0, 0.05) is 7.05 Å². The molecule has 0 aliphatic heterocycles. The Morgan fingerprint density at radius 3 is 2.11 bits per heavy atom. The van der Waals surface area contributed by atoms with Crippen LogP contribution in [0.5, 0.6) is 0 Å². The maximum absolute atomic E-state index is 14.2. The van der Waals surface area contributed by atoms with Gasteiger partial charge >= 0.3 is 24.0 Å². The first-order chi connectivity index (χ1) is 12.7. The zero-order valence-electron chi connectivity index (χ0n) is 13.9. The van der Waals surface area contributed by atoms with Gasteiger partial charge in [0.1, 0.15) is 5.69 Å². The van der Waals surface area contributed by atoms with Gasteiger partial charge < -0.3 is 4.98 Å². The molecule has 0 atom stereocenters. The van der Waals surface area contributed by atoms with Crippen LogP contribution >= 0.6 is 0 Å². The van der Waals surface area contributed by atoms with Crippen molar-refractivity contribution in [3.05, 3.63) is 62.4 Å². The molecule has 0 radical (unpaired) electrons. The zero-order chi connectivity index (χ0) is 21.5. The van der Waals surface area contributed by atoms with Crippen molar-refractivity contribution < 1.29 is 34.8 Å². The normalized spacial score (nSPS) is 13.1. The van der Waals surface area contributed by atoms with Gasteiger partial charge in [0.2, 0.25) is 0 Å². The van der Waals surface area contributed by atoms with Gasteiger partial charge in [-0.3, -0.25) is 9.36 Å². The van der Waals surface area contributed by atoms with Crippen molar-refractivity contribution >= 4 is 9.84 Å². The second-order valence-corrected chi connectivity index (χ2v) is 7.67. The summed E-state index contributed by atoms with van der Waals surface area (Å²) in [6.07, 6.45) is -4.90. The highest BCUT2D eigenvalue weighted by Gasteiger charge is 2.66. The van der Waals surface area contributed by atoms with Gasteiger partial charge in [-0.15, -0.1) is 0 Å². The minimum absolute atomic E-state index is 0.00522. The molecule has 1 aromatic heterocycles. The van der Waals surface area contributed by atoms with E-state index in [0.29, 0.717) is 7.05 Å². The number of hydrogen-bond donors (Lipinski definition) is 1. The predicted molar refractivity (Wildman–Crippen MR) is 84.5 cm³/mol. The second kappa shape index (κ2) is 7.11. The number of nitrogens with one attached hydrogen (secondary N) is 1. The van der Waals surface area contributed by atoms with Crippen LogP contribution in [0.1, 0.15) is 11.3 Å². The van der Waals surface area contributed by atoms with Gasteiger partial charge in [0.15, 0.2) is 14.7 Å². The molecule has 0 aliphatic rings. The van der Waals surface area contributed by atoms with Crippen LogP contribution in [0.25, 0.3) is 0 Å². The van der Waals surface area contributed by atoms with Gasteiger partial charge in [0.05, 0.1) is 5.75 Å². The van der Waals surface area contributed by atoms with Crippen LogP contribution in [-0.4, -0.2) is 30.3 Å². The lowest BCUT2D eigenvalue weighted by atomic mass is 10.1. The summed E-state index contributed by atoms with van der Waals surface area (Å²) in [4.78, 5) is 23.0. The van der Waals surface area contributed by atoms with Crippen molar-refractivity contribution in [2.24, 2.45) is 7.05 Å². The summed E-state index contributed by atoms with van der Waals surface area (Å²) in [5.41, 5.74) is -5.91. The molecule has 0 aliphatic carbocycles. The molecule has 1 heterocycles. The van der Waals surface area contributed by atoms with Gasteiger partial charge in [-0.1, -0.05) is 30.3 Å². The minimum Gasteiger partial charge on any atom is -0.304 e. The largest absolute Gasteiger partial charge is 0.375 e. The Balaban J connectivity index is 2.83. The van der Waals surface area contributed by atoms with E-state index in [0.717, 1.165) is 4.98 Å². The molecule has 154 valence electrons. The fourth-order valence-corrected chi connectivity index (χ4v) is 3.95. The van der Waals surface area contributed by atoms with Crippen molar-refractivity contribution in [3.8, 4) is 0 Å². The Morgan fingerprint density at radius 1 is 1.07 bits per heavy atom. The summed E-state index contributed by atoms with van der Waals surface area (Å²) in [5.74, 6) is -13.0. The maximum Gasteiger partial charge on any atom is 0.375 e. The van der Waals surface area contributed by atoms with Crippen LogP contribution in [0.4, 0.5) is 26.3 Å². The number of benzene rings is 1. The van der Waals surface area contributed by atoms with E-state index < -0.39 is 55.7 Å². The highest BCUT2D eigenvalue weighted by molar-refractivity contribution is 7.90. The zero-order valence-corrected chi connectivity index (χ0v) is 14.7. The monoisotopic (exact) mass is 430 g/mol. The summed E-state index contributed by atoms with van der Waals surface area (Å²) < 4.78 is 105. The van der Waals surface area contributed by atoms with E-state index in [-0.39, 0.29) is 10.1 Å². The van der Waals surface area contributed by atoms with Gasteiger partial charge in [-0.05, 0) is 5.56 Å². The molecule has 0 spiro atoms. The predicted octanol–water partition coefficient (Wildman–Crippen LogP) is 2.04. The van der Waals surface area contributed by atoms with Crippen LogP contribution in [-0.2, 0) is 28.6 Å². The third-order valence-electron chi connectivity index (χ3n) is 3.78. The van der Waals surface area contributed by atoms with E-state index in [2.05, 4.69) is 0 Å². The lowest BCUT2D eigenvalue weighted by molar-refractivity contribution is -0.273. The molecule has 13 heteroatoms. The van der Waals surface area contributed by atoms with Crippen LogP contribution in [0.3, 0.4) is 0 Å². The van der Waals surface area contributed by atoms with Crippen LogP contribution in [0.2, 0.25) is 0 Å². The van der Waals surface area contributed by atoms with E-state index >= 15 is 0 Å². The van der Waals surface area contributed by atoms with E-state index in [1.165, 1.54) is 30.3 Å². The topological polar surface area (TPSA) is 89.0 Å². The molecule has 0 unspecified atom stereocenters. The molecule has 1 aromatic carbocycles. The summed E-state index contributed by atoms with van der Waals surface area (Å²) in [5, 5.41) is 0. The summed E-state index contributed by atoms with van der Waals surface area (Å²) in [6.45, 7) is 0. The van der Waals surface area contributed by atoms with Crippen molar-refractivity contribution in [2.75, 3.05) is 0 Å². The van der Waals surface area contributed by atoms with E-state index in [4.69, 9.17) is 0 Å². The highest BCUT2D eigenvalue weighted by atomic mass is 32.2. The van der Waals surface area contributed by atoms with Crippen molar-refractivity contribution in [2.45, 2.75) is 28.9 Å². The Hall–Kier alpha value is -2.57. The Bertz CT molecular complexity index is 1090. The summed E-state index contributed by atoms with van der Waals surface area (Å²) in [6, 6.07) is 6.77. The van der Waals surface area contributed by atoms with Crippen molar-refractivity contribution in [3.63, 3.8) is 0 Å². The molecule has 2 rings (SSSR count). The second-order valence-electron chi connectivity index (χ2n) is 5.74. The molecule has 6 nitrogen and oxygen atoms in total. The van der Waals surface area contributed by atoms with E-state index in [1.54, 1.807) is 0 Å². The molecule has 0 fully saturated rings. The molecule has 28 heavy (non-hydrogen) atoms. The minimum atomic E-state index is -6.06. The number of aromatic nitrogens is 2. The number of rotatable bonds is 6. The van der Waals surface area contributed by atoms with Gasteiger partial charge in [-0.25, -0.2) is 22.0 Å². The Morgan fingerprint density at radius 2 is 1.61 bits per heavy atom. The number of hydrogen-bond acceptors (Lipinski definition) is 4. The average Bonchev–Trinajstić information content (AvgIpc) is 2.59. The molecule has 2 aromatic rings. The molecule has 0 bridgehead atoms. The fourth-order valence-electron chi connectivity index (χ4n) is 2.28. The Labute approximate surface area is 153 Å². The number of aromatic amines is 1. The standard InChI is InChI=1S/C15H12F6N2O4S/c1-23-11(24)9(28(26,27)7-8-5-3-2-4-6-8)10(22-13(23)25)14(18,19)15(20,21)12(16)17/h2-6,12H,7H2,1H3,(H,22,25). The molecular weight excluding hydrogens is 418 g/mol. The fraction of sp³-hybridized carbons (Fsp3) is 0.333. The van der Waals surface area contributed by atoms with E-state index in [1.807, 2.05) is 0 Å². The number of alkyl halides is 6. The number of H-pyrrole nitrogens is 1. The van der Waals surface area contributed by atoms with Crippen LogP contribution < -0.4 is 11.2 Å². The molecule has 0 amide bonds. The van der Waals surface area contributed by atoms with Crippen LogP contribution in [0.15, 0.2) is 44.8 Å². The SMILES string of the molecule is Cn1c(=O)[nH]c(C(F)(F)C(F)(F)C(F)F)c(S(=O)(=O)Cc2ccccc2)c1=O. The number of sulfone groups is 1. The van der Waals surface area contributed by atoms with Crippen molar-refractivity contribution in [1.29, 1.82) is 0 Å². The third-order valence-corrected chi connectivity index (χ3v) is 5.49. The first kappa shape index (κ1) is 21.7. The first-order valence-electron chi connectivity index (χ1n) is 7.37. The lowest BCUT2D eigenvalue weighted by Gasteiger charge is -2.27. The first-order valence-corrected chi connectivity index (χ1v) is 9.03. The van der Waals surface area contributed by atoms with Gasteiger partial charge in [0.25, 0.3) is 5.56 Å². The average molecular weight is 430 g/mol. The lowest BCUT2D eigenvalue weighted by Crippen LogP contribution is -2.49. The van der Waals surface area contributed by atoms with Crippen LogP contribution in [0, 0.1) is 0 Å². The smallest absolute Gasteiger partial charge is 0.304 e. The molecule has 0 saturated carbocycles. The summed E-state index contributed by atoms with van der Waals surface area (Å²) >= 11 is 0. The van der Waals surface area contributed by atoms with Crippen molar-refractivity contribution in [1.82, 2.24) is 9.55 Å². The number of halogens is 6. The maximum atomic E-state index is 14.2. The highest BCUT2D eigenvalue weighted by Crippen LogP contribution is 2.46. The number of nitrogens with zero attached hydrogens (tertiary/aromatic N) is 1. The molecular formula is C15H12F6N2O4S. The Kier molecular flexibility index (Phi) is 5.52. The quantitative estimate of drug-likeness (QED) is 0.711. The third kappa shape index (κ3) is 3.57. The van der Waals surface area contributed by atoms with Gasteiger partial charge in [-0.2, -0.15) is 17.6 Å².